The first-order chi connectivity index (χ1) is 14.2. The summed E-state index contributed by atoms with van der Waals surface area (Å²) in [7, 11) is -3.32. The second-order valence-electron chi connectivity index (χ2n) is 8.25. The summed E-state index contributed by atoms with van der Waals surface area (Å²) in [5.74, 6) is -0.207. The summed E-state index contributed by atoms with van der Waals surface area (Å²) in [6.45, 7) is 5.29. The van der Waals surface area contributed by atoms with E-state index in [-0.39, 0.29) is 11.9 Å². The van der Waals surface area contributed by atoms with Gasteiger partial charge >= 0.3 is 0 Å². The highest BCUT2D eigenvalue weighted by atomic mass is 32.2. The number of halogens is 1. The number of sulfonamides is 1. The molecule has 0 saturated carbocycles. The van der Waals surface area contributed by atoms with Gasteiger partial charge in [-0.3, -0.25) is 9.21 Å². The molecule has 30 heavy (non-hydrogen) atoms. The monoisotopic (exact) mass is 433 g/mol. The van der Waals surface area contributed by atoms with Crippen molar-refractivity contribution in [3.05, 3.63) is 59.4 Å². The van der Waals surface area contributed by atoms with E-state index in [0.29, 0.717) is 37.4 Å². The van der Waals surface area contributed by atoms with Gasteiger partial charge in [0.25, 0.3) is 0 Å². The molecule has 2 aromatic rings. The standard InChI is InChI=1S/C22H28FN3O3S/c1-16-13-18-14-17(7-8-20(18)26(16)30(2,28)29)22(27)15-24-9-11-25(12-10-24)21-6-4-3-5-19(21)23/h3-8,14,16,22,27H,9-13,15H2,1-2H3. The van der Waals surface area contributed by atoms with Crippen LogP contribution in [0.5, 0.6) is 0 Å². The van der Waals surface area contributed by atoms with Crippen molar-refractivity contribution in [2.45, 2.75) is 25.5 Å². The van der Waals surface area contributed by atoms with Gasteiger partial charge < -0.3 is 10.0 Å². The fourth-order valence-electron chi connectivity index (χ4n) is 4.56. The SMILES string of the molecule is CC1Cc2cc(C(O)CN3CCN(c4ccccc4F)CC3)ccc2N1S(C)(=O)=O. The van der Waals surface area contributed by atoms with E-state index < -0.39 is 16.1 Å². The average Bonchev–Trinajstić information content (AvgIpc) is 3.04. The summed E-state index contributed by atoms with van der Waals surface area (Å²) >= 11 is 0. The number of hydrogen-bond acceptors (Lipinski definition) is 5. The highest BCUT2D eigenvalue weighted by Gasteiger charge is 2.33. The Morgan fingerprint density at radius 1 is 1.10 bits per heavy atom. The van der Waals surface area contributed by atoms with Crippen LogP contribution in [0.2, 0.25) is 0 Å². The number of fused-ring (bicyclic) bond motifs is 1. The molecule has 0 amide bonds. The summed E-state index contributed by atoms with van der Waals surface area (Å²) in [4.78, 5) is 4.22. The lowest BCUT2D eigenvalue weighted by Gasteiger charge is -2.37. The molecule has 0 radical (unpaired) electrons. The number of benzene rings is 2. The quantitative estimate of drug-likeness (QED) is 0.785. The average molecular weight is 434 g/mol. The maximum Gasteiger partial charge on any atom is 0.232 e. The highest BCUT2D eigenvalue weighted by Crippen LogP contribution is 2.36. The zero-order valence-corrected chi connectivity index (χ0v) is 18.1. The predicted molar refractivity (Wildman–Crippen MR) is 117 cm³/mol. The van der Waals surface area contributed by atoms with Crippen molar-refractivity contribution >= 4 is 21.4 Å². The van der Waals surface area contributed by atoms with Crippen LogP contribution >= 0.6 is 0 Å². The van der Waals surface area contributed by atoms with Crippen LogP contribution in [0.15, 0.2) is 42.5 Å². The summed E-state index contributed by atoms with van der Waals surface area (Å²) in [5.41, 5.74) is 3.09. The van der Waals surface area contributed by atoms with Gasteiger partial charge in [0.05, 0.1) is 23.7 Å². The third-order valence-corrected chi connectivity index (χ3v) is 7.27. The van der Waals surface area contributed by atoms with E-state index in [1.807, 2.05) is 30.0 Å². The number of nitrogens with zero attached hydrogens (tertiary/aromatic N) is 3. The number of aliphatic hydroxyl groups is 1. The van der Waals surface area contributed by atoms with Crippen molar-refractivity contribution in [3.63, 3.8) is 0 Å². The van der Waals surface area contributed by atoms with Gasteiger partial charge in [0.15, 0.2) is 0 Å². The Morgan fingerprint density at radius 3 is 2.47 bits per heavy atom. The molecule has 8 heteroatoms. The highest BCUT2D eigenvalue weighted by molar-refractivity contribution is 7.92. The molecule has 2 heterocycles. The summed E-state index contributed by atoms with van der Waals surface area (Å²) in [5, 5.41) is 10.8. The van der Waals surface area contributed by atoms with Gasteiger partial charge in [0.2, 0.25) is 10.0 Å². The minimum Gasteiger partial charge on any atom is -0.387 e. The number of rotatable bonds is 5. The lowest BCUT2D eigenvalue weighted by molar-refractivity contribution is 0.109. The smallest absolute Gasteiger partial charge is 0.232 e. The number of hydrogen-bond donors (Lipinski definition) is 1. The molecule has 1 fully saturated rings. The van der Waals surface area contributed by atoms with Crippen molar-refractivity contribution in [2.24, 2.45) is 0 Å². The lowest BCUT2D eigenvalue weighted by Crippen LogP contribution is -2.47. The Bertz CT molecular complexity index is 1020. The molecule has 4 rings (SSSR count). The summed E-state index contributed by atoms with van der Waals surface area (Å²) < 4.78 is 39.6. The number of aliphatic hydroxyl groups excluding tert-OH is 1. The molecule has 2 aliphatic heterocycles. The van der Waals surface area contributed by atoms with Crippen LogP contribution in [0.4, 0.5) is 15.8 Å². The second kappa shape index (κ2) is 8.17. The molecular weight excluding hydrogens is 405 g/mol. The van der Waals surface area contributed by atoms with E-state index in [0.717, 1.165) is 24.2 Å². The van der Waals surface area contributed by atoms with Crippen molar-refractivity contribution in [3.8, 4) is 0 Å². The molecular formula is C22H28FN3O3S. The van der Waals surface area contributed by atoms with Crippen LogP contribution in [0.1, 0.15) is 24.2 Å². The van der Waals surface area contributed by atoms with Crippen LogP contribution in [0.25, 0.3) is 0 Å². The summed E-state index contributed by atoms with van der Waals surface area (Å²) in [6.07, 6.45) is 1.21. The van der Waals surface area contributed by atoms with Crippen LogP contribution in [-0.4, -0.2) is 63.4 Å². The largest absolute Gasteiger partial charge is 0.387 e. The van der Waals surface area contributed by atoms with Gasteiger partial charge in [0, 0.05) is 38.8 Å². The first-order valence-electron chi connectivity index (χ1n) is 10.3. The number of piperazine rings is 1. The molecule has 2 unspecified atom stereocenters. The molecule has 162 valence electrons. The zero-order valence-electron chi connectivity index (χ0n) is 17.3. The predicted octanol–water partition coefficient (Wildman–Crippen LogP) is 2.39. The molecule has 1 N–H and O–H groups in total. The van der Waals surface area contributed by atoms with Crippen molar-refractivity contribution < 1.29 is 17.9 Å². The van der Waals surface area contributed by atoms with E-state index in [1.54, 1.807) is 18.2 Å². The Labute approximate surface area is 177 Å². The molecule has 6 nitrogen and oxygen atoms in total. The van der Waals surface area contributed by atoms with Crippen LogP contribution in [0.3, 0.4) is 0 Å². The second-order valence-corrected chi connectivity index (χ2v) is 10.1. The Kier molecular flexibility index (Phi) is 5.74. The minimum absolute atomic E-state index is 0.117. The maximum atomic E-state index is 14.0. The van der Waals surface area contributed by atoms with Gasteiger partial charge in [-0.1, -0.05) is 24.3 Å². The number of β-amino-alcohol motifs (C(OH)–C–C–N with tert-alkyl or cyclic N) is 1. The first kappa shape index (κ1) is 21.1. The third kappa shape index (κ3) is 4.17. The third-order valence-electron chi connectivity index (χ3n) is 6.00. The van der Waals surface area contributed by atoms with Gasteiger partial charge in [-0.05, 0) is 42.7 Å². The Morgan fingerprint density at radius 2 is 1.80 bits per heavy atom. The van der Waals surface area contributed by atoms with E-state index in [4.69, 9.17) is 0 Å². The Hall–Kier alpha value is -2.16. The maximum absolute atomic E-state index is 14.0. The number of para-hydroxylation sites is 1. The molecule has 0 bridgehead atoms. The summed E-state index contributed by atoms with van der Waals surface area (Å²) in [6, 6.07) is 12.2. The molecule has 0 aliphatic carbocycles. The van der Waals surface area contributed by atoms with Crippen LogP contribution < -0.4 is 9.21 Å². The van der Waals surface area contributed by atoms with Gasteiger partial charge in [-0.2, -0.15) is 0 Å². The molecule has 0 spiro atoms. The molecule has 2 aromatic carbocycles. The minimum atomic E-state index is -3.32. The van der Waals surface area contributed by atoms with Crippen molar-refractivity contribution in [1.29, 1.82) is 0 Å². The van der Waals surface area contributed by atoms with E-state index in [1.165, 1.54) is 16.6 Å². The van der Waals surface area contributed by atoms with Crippen LogP contribution in [0, 0.1) is 5.82 Å². The lowest BCUT2D eigenvalue weighted by atomic mass is 10.0. The fourth-order valence-corrected chi connectivity index (χ4v) is 5.83. The van der Waals surface area contributed by atoms with Crippen LogP contribution in [-0.2, 0) is 16.4 Å². The van der Waals surface area contributed by atoms with Gasteiger partial charge in [-0.25, -0.2) is 12.8 Å². The van der Waals surface area contributed by atoms with Gasteiger partial charge in [-0.15, -0.1) is 0 Å². The van der Waals surface area contributed by atoms with Crippen molar-refractivity contribution in [1.82, 2.24) is 4.90 Å². The van der Waals surface area contributed by atoms with E-state index in [9.17, 15) is 17.9 Å². The first-order valence-corrected chi connectivity index (χ1v) is 12.1. The zero-order chi connectivity index (χ0) is 21.5. The van der Waals surface area contributed by atoms with Gasteiger partial charge in [0.1, 0.15) is 5.82 Å². The Balaban J connectivity index is 1.39. The molecule has 0 aromatic heterocycles. The van der Waals surface area contributed by atoms with E-state index >= 15 is 0 Å². The topological polar surface area (TPSA) is 64.1 Å². The normalized spacial score (nSPS) is 21.0. The number of anilines is 2. The van der Waals surface area contributed by atoms with Crippen molar-refractivity contribution in [2.75, 3.05) is 48.2 Å². The fraction of sp³-hybridized carbons (Fsp3) is 0.455. The molecule has 2 aliphatic rings. The molecule has 2 atom stereocenters. The molecule has 1 saturated heterocycles. The van der Waals surface area contributed by atoms with E-state index in [2.05, 4.69) is 4.90 Å².